The molecule has 0 spiro atoms. The van der Waals surface area contributed by atoms with E-state index in [1.54, 1.807) is 11.2 Å². The summed E-state index contributed by atoms with van der Waals surface area (Å²) in [5.41, 5.74) is 2.48. The van der Waals surface area contributed by atoms with Crippen molar-refractivity contribution in [2.24, 2.45) is 5.10 Å². The number of thiocarbonyl (C=S) groups is 2. The number of isothiocyanates is 2. The van der Waals surface area contributed by atoms with Gasteiger partial charge in [0.25, 0.3) is 0 Å². The first-order valence-electron chi connectivity index (χ1n) is 7.56. The van der Waals surface area contributed by atoms with E-state index in [9.17, 15) is 4.79 Å². The van der Waals surface area contributed by atoms with Gasteiger partial charge in [0.1, 0.15) is 5.71 Å². The third-order valence-electron chi connectivity index (χ3n) is 3.22. The topological polar surface area (TPSA) is 90.2 Å². The van der Waals surface area contributed by atoms with Crippen molar-refractivity contribution in [3.8, 4) is 0 Å². The molecule has 1 fully saturated rings. The number of rotatable bonds is 3. The summed E-state index contributed by atoms with van der Waals surface area (Å²) in [5, 5.41) is 23.0. The maximum Gasteiger partial charge on any atom is 2.00 e. The summed E-state index contributed by atoms with van der Waals surface area (Å²) in [6.07, 6.45) is 3.18. The van der Waals surface area contributed by atoms with Crippen LogP contribution in [0.25, 0.3) is 10.8 Å². The fourth-order valence-corrected chi connectivity index (χ4v) is 2.22. The minimum Gasteiger partial charge on any atom is -0.753 e. The number of hydrazone groups is 1. The molecular weight excluding hydrogens is 430 g/mol. The molecule has 0 aliphatic carbocycles. The number of aromatic nitrogens is 1. The van der Waals surface area contributed by atoms with Gasteiger partial charge in [-0.3, -0.25) is 9.78 Å². The van der Waals surface area contributed by atoms with Crippen molar-refractivity contribution in [3.63, 3.8) is 0 Å². The van der Waals surface area contributed by atoms with Crippen LogP contribution < -0.4 is 0 Å². The van der Waals surface area contributed by atoms with Crippen LogP contribution in [0.15, 0.2) is 59.8 Å². The van der Waals surface area contributed by atoms with E-state index in [-0.39, 0.29) is 23.0 Å². The number of hydrogen-bond donors (Lipinski definition) is 0. The van der Waals surface area contributed by atoms with Crippen LogP contribution in [0.3, 0.4) is 0 Å². The Morgan fingerprint density at radius 3 is 2.15 bits per heavy atom. The van der Waals surface area contributed by atoms with Crippen molar-refractivity contribution in [3.05, 3.63) is 76.8 Å². The molecule has 3 rings (SSSR count). The monoisotopic (exact) mass is 444 g/mol. The van der Waals surface area contributed by atoms with Crippen LogP contribution in [0.1, 0.15) is 24.1 Å². The third kappa shape index (κ3) is 8.71. The van der Waals surface area contributed by atoms with Gasteiger partial charge in [-0.1, -0.05) is 60.8 Å². The summed E-state index contributed by atoms with van der Waals surface area (Å²) in [5.74, 6) is 0.0781. The molecule has 9 heteroatoms. The van der Waals surface area contributed by atoms with E-state index in [1.165, 1.54) is 10.3 Å². The van der Waals surface area contributed by atoms with Crippen molar-refractivity contribution in [2.75, 3.05) is 6.54 Å². The molecule has 1 radical (unpaired) electrons. The van der Waals surface area contributed by atoms with E-state index < -0.39 is 0 Å². The van der Waals surface area contributed by atoms with Gasteiger partial charge in [-0.15, -0.1) is 0 Å². The fourth-order valence-electron chi connectivity index (χ4n) is 2.22. The molecule has 0 unspecified atom stereocenters. The number of carbonyl (C=O) groups excluding carboxylic acids is 1. The van der Waals surface area contributed by atoms with E-state index in [0.29, 0.717) is 13.0 Å². The summed E-state index contributed by atoms with van der Waals surface area (Å²) in [4.78, 5) is 16.1. The predicted octanol–water partition coefficient (Wildman–Crippen LogP) is 3.77. The molecular formula is C18H15CuN5OS2. The van der Waals surface area contributed by atoms with E-state index in [1.807, 2.05) is 48.5 Å². The molecule has 6 nitrogen and oxygen atoms in total. The molecule has 1 amide bonds. The van der Waals surface area contributed by atoms with Crippen LogP contribution in [0.2, 0.25) is 0 Å². The summed E-state index contributed by atoms with van der Waals surface area (Å²) in [7, 11) is 0. The summed E-state index contributed by atoms with van der Waals surface area (Å²) < 4.78 is 0. The largest absolute Gasteiger partial charge is 2.00 e. The molecule has 1 aromatic carbocycles. The Balaban J connectivity index is 0.000000860. The van der Waals surface area contributed by atoms with Crippen LogP contribution in [0.4, 0.5) is 0 Å². The molecule has 1 aliphatic heterocycles. The zero-order valence-corrected chi connectivity index (χ0v) is 16.7. The summed E-state index contributed by atoms with van der Waals surface area (Å²) in [6.45, 7) is 0.683. The summed E-state index contributed by atoms with van der Waals surface area (Å²) >= 11 is 7.40. The molecule has 1 aliphatic rings. The van der Waals surface area contributed by atoms with E-state index in [2.05, 4.69) is 34.5 Å². The van der Waals surface area contributed by atoms with E-state index in [0.717, 1.165) is 23.4 Å². The fraction of sp³-hybridized carbons (Fsp3) is 0.167. The molecule has 0 N–H and O–H groups in total. The Morgan fingerprint density at radius 1 is 1.07 bits per heavy atom. The molecule has 1 saturated heterocycles. The molecule has 2 aromatic rings. The maximum atomic E-state index is 11.8. The Kier molecular flexibility index (Phi) is 13.5. The predicted molar refractivity (Wildman–Crippen MR) is 109 cm³/mol. The van der Waals surface area contributed by atoms with Crippen LogP contribution >= 0.6 is 24.4 Å². The van der Waals surface area contributed by atoms with Gasteiger partial charge >= 0.3 is 17.1 Å². The van der Waals surface area contributed by atoms with Gasteiger partial charge in [-0.2, -0.15) is 15.4 Å². The average molecular weight is 445 g/mol. The smallest absolute Gasteiger partial charge is 0.753 e. The quantitative estimate of drug-likeness (QED) is 0.409. The second kappa shape index (κ2) is 14.8. The number of carbonyl (C=O) groups is 1. The van der Waals surface area contributed by atoms with Gasteiger partial charge in [0.2, 0.25) is 5.91 Å². The normalized spacial score (nSPS) is 12.2. The number of pyridine rings is 1. The number of benzene rings is 1. The zero-order valence-electron chi connectivity index (χ0n) is 14.1. The SMILES string of the molecule is O=C1CCCN1/N=C(\c1ccccc1)c1ccccn1.[Cu+2].[N-]=C=S.[N-]=C=S. The van der Waals surface area contributed by atoms with Crippen molar-refractivity contribution >= 4 is 46.4 Å². The zero-order chi connectivity index (χ0) is 19.2. The Bertz CT molecular complexity index is 750. The minimum absolute atomic E-state index is 0. The standard InChI is InChI=1S/C16H15N3O.2CNS.Cu/c20-15-10-6-12-19(15)18-16(13-7-2-1-3-8-13)14-9-4-5-11-17-14;2*2-1-3;/h1-5,7-9,11H,6,10,12H2;;;/q;2*-1;+2/b18-16+;;;. The first-order valence-corrected chi connectivity index (χ1v) is 8.37. The van der Waals surface area contributed by atoms with Crippen LogP contribution in [0.5, 0.6) is 0 Å². The first kappa shape index (κ1) is 24.6. The van der Waals surface area contributed by atoms with Gasteiger partial charge in [0, 0.05) is 24.7 Å². The van der Waals surface area contributed by atoms with Crippen molar-refractivity contribution in [1.29, 1.82) is 0 Å². The van der Waals surface area contributed by atoms with Crippen molar-refractivity contribution < 1.29 is 21.9 Å². The van der Waals surface area contributed by atoms with Gasteiger partial charge in [-0.05, 0) is 18.6 Å². The Hall–Kier alpha value is -2.37. The molecule has 0 saturated carbocycles. The maximum absolute atomic E-state index is 11.8. The number of amides is 1. The minimum atomic E-state index is 0. The van der Waals surface area contributed by atoms with Crippen LogP contribution in [0, 0.1) is 0 Å². The molecule has 27 heavy (non-hydrogen) atoms. The van der Waals surface area contributed by atoms with Crippen LogP contribution in [-0.2, 0) is 21.9 Å². The second-order valence-corrected chi connectivity index (χ2v) is 5.20. The van der Waals surface area contributed by atoms with Crippen LogP contribution in [-0.4, -0.2) is 38.5 Å². The second-order valence-electron chi connectivity index (χ2n) is 4.83. The van der Waals surface area contributed by atoms with Crippen molar-refractivity contribution in [2.45, 2.75) is 12.8 Å². The molecule has 0 atom stereocenters. The molecule has 141 valence electrons. The molecule has 2 heterocycles. The van der Waals surface area contributed by atoms with Gasteiger partial charge < -0.3 is 10.8 Å². The van der Waals surface area contributed by atoms with E-state index >= 15 is 0 Å². The number of hydrogen-bond acceptors (Lipinski definition) is 5. The molecule has 0 bridgehead atoms. The molecule has 1 aromatic heterocycles. The average Bonchev–Trinajstić information content (AvgIpc) is 3.07. The Labute approximate surface area is 179 Å². The van der Waals surface area contributed by atoms with Crippen molar-refractivity contribution in [1.82, 2.24) is 9.99 Å². The van der Waals surface area contributed by atoms with E-state index in [4.69, 9.17) is 10.8 Å². The third-order valence-corrected chi connectivity index (χ3v) is 3.22. The summed E-state index contributed by atoms with van der Waals surface area (Å²) in [6, 6.07) is 15.5. The van der Waals surface area contributed by atoms with Gasteiger partial charge in [0.15, 0.2) is 0 Å². The first-order chi connectivity index (χ1) is 12.7. The Morgan fingerprint density at radius 2 is 1.67 bits per heavy atom. The number of nitrogens with zero attached hydrogens (tertiary/aromatic N) is 5. The van der Waals surface area contributed by atoms with Gasteiger partial charge in [-0.25, -0.2) is 5.01 Å². The van der Waals surface area contributed by atoms with Gasteiger partial charge in [0.05, 0.1) is 5.69 Å².